The second kappa shape index (κ2) is 8.25. The van der Waals surface area contributed by atoms with Crippen molar-refractivity contribution in [1.82, 2.24) is 10.3 Å². The topological polar surface area (TPSA) is 34.1 Å². The van der Waals surface area contributed by atoms with Gasteiger partial charge in [-0.15, -0.1) is 0 Å². The van der Waals surface area contributed by atoms with E-state index in [1.54, 1.807) is 0 Å². The monoisotopic (exact) mass is 276 g/mol. The van der Waals surface area contributed by atoms with Crippen LogP contribution >= 0.6 is 0 Å². The molecule has 3 heteroatoms. The molecular formula is C17H28N2O. The summed E-state index contributed by atoms with van der Waals surface area (Å²) < 4.78 is 6.17. The lowest BCUT2D eigenvalue weighted by Gasteiger charge is -2.29. The van der Waals surface area contributed by atoms with Gasteiger partial charge in [-0.3, -0.25) is 4.98 Å². The molecule has 20 heavy (non-hydrogen) atoms. The Morgan fingerprint density at radius 3 is 3.05 bits per heavy atom. The first-order valence-electron chi connectivity index (χ1n) is 8.14. The predicted molar refractivity (Wildman–Crippen MR) is 82.9 cm³/mol. The summed E-state index contributed by atoms with van der Waals surface area (Å²) in [5, 5.41) is 3.38. The molecule has 2 rings (SSSR count). The third kappa shape index (κ3) is 4.78. The van der Waals surface area contributed by atoms with Crippen LogP contribution in [0.25, 0.3) is 0 Å². The molecule has 1 fully saturated rings. The van der Waals surface area contributed by atoms with Crippen LogP contribution in [0.5, 0.6) is 5.75 Å². The van der Waals surface area contributed by atoms with E-state index in [4.69, 9.17) is 4.74 Å². The molecule has 0 saturated heterocycles. The van der Waals surface area contributed by atoms with Crippen LogP contribution in [0.2, 0.25) is 0 Å². The summed E-state index contributed by atoms with van der Waals surface area (Å²) in [5.41, 5.74) is 1.07. The molecule has 0 spiro atoms. The Hall–Kier alpha value is -1.09. The fourth-order valence-corrected chi connectivity index (χ4v) is 2.93. The number of nitrogens with one attached hydrogen (secondary N) is 1. The van der Waals surface area contributed by atoms with Crippen LogP contribution in [-0.4, -0.2) is 17.6 Å². The molecule has 0 bridgehead atoms. The molecule has 3 nitrogen and oxygen atoms in total. The van der Waals surface area contributed by atoms with E-state index in [2.05, 4.69) is 30.2 Å². The van der Waals surface area contributed by atoms with E-state index in [-0.39, 0.29) is 0 Å². The van der Waals surface area contributed by atoms with Gasteiger partial charge in [-0.2, -0.15) is 0 Å². The van der Waals surface area contributed by atoms with Crippen molar-refractivity contribution >= 4 is 0 Å². The maximum atomic E-state index is 6.17. The maximum absolute atomic E-state index is 6.17. The maximum Gasteiger partial charge on any atom is 0.123 e. The Morgan fingerprint density at radius 2 is 2.25 bits per heavy atom. The first-order chi connectivity index (χ1) is 9.81. The molecule has 1 aliphatic rings. The van der Waals surface area contributed by atoms with Gasteiger partial charge in [-0.1, -0.05) is 26.7 Å². The number of ether oxygens (including phenoxy) is 1. The molecule has 1 heterocycles. The number of pyridine rings is 1. The zero-order valence-electron chi connectivity index (χ0n) is 12.9. The highest BCUT2D eigenvalue weighted by atomic mass is 16.5. The van der Waals surface area contributed by atoms with Crippen molar-refractivity contribution in [2.24, 2.45) is 5.92 Å². The van der Waals surface area contributed by atoms with Crippen LogP contribution in [0.3, 0.4) is 0 Å². The molecular weight excluding hydrogens is 248 g/mol. The van der Waals surface area contributed by atoms with Crippen molar-refractivity contribution in [2.75, 3.05) is 6.54 Å². The first-order valence-corrected chi connectivity index (χ1v) is 8.14. The van der Waals surface area contributed by atoms with Crippen molar-refractivity contribution in [3.63, 3.8) is 0 Å². The summed E-state index contributed by atoms with van der Waals surface area (Å²) in [6.07, 6.45) is 9.77. The molecule has 0 aliphatic heterocycles. The van der Waals surface area contributed by atoms with Gasteiger partial charge in [0.1, 0.15) is 5.75 Å². The Kier molecular flexibility index (Phi) is 6.31. The minimum absolute atomic E-state index is 0.396. The minimum Gasteiger partial charge on any atom is -0.490 e. The van der Waals surface area contributed by atoms with Crippen LogP contribution in [-0.2, 0) is 6.54 Å². The van der Waals surface area contributed by atoms with Crippen LogP contribution < -0.4 is 10.1 Å². The third-order valence-corrected chi connectivity index (χ3v) is 4.14. The van der Waals surface area contributed by atoms with Gasteiger partial charge < -0.3 is 10.1 Å². The molecule has 1 aliphatic carbocycles. The van der Waals surface area contributed by atoms with Crippen LogP contribution in [0.1, 0.15) is 58.1 Å². The van der Waals surface area contributed by atoms with E-state index in [9.17, 15) is 0 Å². The Morgan fingerprint density at radius 1 is 1.35 bits per heavy atom. The molecule has 1 aromatic heterocycles. The van der Waals surface area contributed by atoms with Gasteiger partial charge in [-0.25, -0.2) is 0 Å². The molecule has 1 aromatic rings. The SMILES string of the molecule is CCCNCc1cc(OC2CCCC(CC)C2)ccn1. The fraction of sp³-hybridized carbons (Fsp3) is 0.706. The van der Waals surface area contributed by atoms with E-state index >= 15 is 0 Å². The standard InChI is InChI=1S/C17H28N2O/c1-3-9-18-13-15-12-17(8-10-19-15)20-16-7-5-6-14(4-2)11-16/h8,10,12,14,16,18H,3-7,9,11,13H2,1-2H3. The number of hydrogen-bond acceptors (Lipinski definition) is 3. The van der Waals surface area contributed by atoms with Crippen molar-refractivity contribution < 1.29 is 4.74 Å². The summed E-state index contributed by atoms with van der Waals surface area (Å²) in [5.74, 6) is 1.83. The average molecular weight is 276 g/mol. The summed E-state index contributed by atoms with van der Waals surface area (Å²) in [6.45, 7) is 6.32. The zero-order valence-corrected chi connectivity index (χ0v) is 12.9. The van der Waals surface area contributed by atoms with E-state index in [0.717, 1.165) is 36.9 Å². The number of rotatable bonds is 7. The second-order valence-corrected chi connectivity index (χ2v) is 5.84. The van der Waals surface area contributed by atoms with E-state index in [1.807, 2.05) is 12.3 Å². The summed E-state index contributed by atoms with van der Waals surface area (Å²) in [6, 6.07) is 4.07. The number of nitrogens with zero attached hydrogens (tertiary/aromatic N) is 1. The lowest BCUT2D eigenvalue weighted by atomic mass is 9.85. The highest BCUT2D eigenvalue weighted by molar-refractivity contribution is 5.23. The van der Waals surface area contributed by atoms with E-state index in [0.29, 0.717) is 6.10 Å². The summed E-state index contributed by atoms with van der Waals surface area (Å²) in [4.78, 5) is 4.39. The third-order valence-electron chi connectivity index (χ3n) is 4.14. The van der Waals surface area contributed by atoms with Gasteiger partial charge in [0.2, 0.25) is 0 Å². The Labute approximate surface area is 123 Å². The van der Waals surface area contributed by atoms with Gasteiger partial charge in [0.05, 0.1) is 11.8 Å². The predicted octanol–water partition coefficient (Wildman–Crippen LogP) is 3.93. The van der Waals surface area contributed by atoms with E-state index in [1.165, 1.54) is 32.1 Å². The van der Waals surface area contributed by atoms with Gasteiger partial charge in [0.25, 0.3) is 0 Å². The summed E-state index contributed by atoms with van der Waals surface area (Å²) in [7, 11) is 0. The molecule has 1 saturated carbocycles. The Balaban J connectivity index is 1.87. The normalized spacial score (nSPS) is 22.7. The minimum atomic E-state index is 0.396. The van der Waals surface area contributed by atoms with Gasteiger partial charge in [0.15, 0.2) is 0 Å². The van der Waals surface area contributed by atoms with Crippen LogP contribution in [0.15, 0.2) is 18.3 Å². The second-order valence-electron chi connectivity index (χ2n) is 5.84. The molecule has 1 N–H and O–H groups in total. The quantitative estimate of drug-likeness (QED) is 0.766. The van der Waals surface area contributed by atoms with Gasteiger partial charge in [-0.05, 0) is 44.2 Å². The fourth-order valence-electron chi connectivity index (χ4n) is 2.93. The first kappa shape index (κ1) is 15.3. The molecule has 2 atom stereocenters. The molecule has 0 radical (unpaired) electrons. The zero-order chi connectivity index (χ0) is 14.2. The van der Waals surface area contributed by atoms with Gasteiger partial charge in [0, 0.05) is 18.8 Å². The smallest absolute Gasteiger partial charge is 0.123 e. The van der Waals surface area contributed by atoms with Crippen molar-refractivity contribution in [2.45, 2.75) is 65.0 Å². The number of aromatic nitrogens is 1. The van der Waals surface area contributed by atoms with Gasteiger partial charge >= 0.3 is 0 Å². The van der Waals surface area contributed by atoms with E-state index < -0.39 is 0 Å². The van der Waals surface area contributed by atoms with Crippen molar-refractivity contribution in [3.8, 4) is 5.75 Å². The largest absolute Gasteiger partial charge is 0.490 e. The van der Waals surface area contributed by atoms with Crippen LogP contribution in [0, 0.1) is 5.92 Å². The molecule has 0 amide bonds. The van der Waals surface area contributed by atoms with Crippen molar-refractivity contribution in [3.05, 3.63) is 24.0 Å². The molecule has 112 valence electrons. The number of hydrogen-bond donors (Lipinski definition) is 1. The van der Waals surface area contributed by atoms with Crippen LogP contribution in [0.4, 0.5) is 0 Å². The highest BCUT2D eigenvalue weighted by Gasteiger charge is 2.22. The van der Waals surface area contributed by atoms with Crippen molar-refractivity contribution in [1.29, 1.82) is 0 Å². The highest BCUT2D eigenvalue weighted by Crippen LogP contribution is 2.29. The Bertz CT molecular complexity index is 394. The summed E-state index contributed by atoms with van der Waals surface area (Å²) >= 11 is 0. The average Bonchev–Trinajstić information content (AvgIpc) is 2.48. The molecule has 2 unspecified atom stereocenters. The molecule has 0 aromatic carbocycles. The lowest BCUT2D eigenvalue weighted by Crippen LogP contribution is -2.25. The lowest BCUT2D eigenvalue weighted by molar-refractivity contribution is 0.122.